The van der Waals surface area contributed by atoms with E-state index in [2.05, 4.69) is 33.1 Å². The molecular weight excluding hydrogens is 664 g/mol. The zero-order chi connectivity index (χ0) is 38.4. The van der Waals surface area contributed by atoms with Crippen LogP contribution in [0.5, 0.6) is 0 Å². The van der Waals surface area contributed by atoms with Gasteiger partial charge in [0.25, 0.3) is 0 Å². The lowest BCUT2D eigenvalue weighted by molar-refractivity contribution is -0.147. The van der Waals surface area contributed by atoms with Crippen LogP contribution in [0.1, 0.15) is 105 Å². The minimum atomic E-state index is -1.13. The average molecular weight is 735 g/mol. The quantitative estimate of drug-likeness (QED) is 0.160. The third-order valence-corrected chi connectivity index (χ3v) is 11.1. The first kappa shape index (κ1) is 43.6. The van der Waals surface area contributed by atoms with Crippen LogP contribution >= 0.6 is 0 Å². The number of unbranched alkanes of at least 4 members (excludes halogenated alkanes) is 3. The Hall–Kier alpha value is -2.81. The van der Waals surface area contributed by atoms with E-state index >= 15 is 0 Å². The summed E-state index contributed by atoms with van der Waals surface area (Å²) in [5, 5.41) is 11.7. The molecule has 2 heterocycles. The van der Waals surface area contributed by atoms with Gasteiger partial charge in [0.2, 0.25) is 29.5 Å². The molecule has 1 aliphatic carbocycles. The molecule has 7 atom stereocenters. The lowest BCUT2D eigenvalue weighted by Crippen LogP contribution is -2.63. The summed E-state index contributed by atoms with van der Waals surface area (Å²) >= 11 is 0. The van der Waals surface area contributed by atoms with Crippen LogP contribution in [0.2, 0.25) is 0 Å². The van der Waals surface area contributed by atoms with Crippen LogP contribution in [0.3, 0.4) is 0 Å². The van der Waals surface area contributed by atoms with E-state index in [0.717, 1.165) is 57.8 Å². The van der Waals surface area contributed by atoms with Gasteiger partial charge in [0.1, 0.15) is 24.2 Å². The summed E-state index contributed by atoms with van der Waals surface area (Å²) < 4.78 is 6.42. The van der Waals surface area contributed by atoms with Gasteiger partial charge < -0.3 is 47.3 Å². The van der Waals surface area contributed by atoms with E-state index < -0.39 is 60.0 Å². The fraction of sp³-hybridized carbons (Fsp3) is 0.868. The molecule has 0 aromatic rings. The zero-order valence-corrected chi connectivity index (χ0v) is 32.8. The van der Waals surface area contributed by atoms with Crippen molar-refractivity contribution in [1.82, 2.24) is 31.1 Å². The maximum Gasteiger partial charge on any atom is 0.244 e. The Labute approximate surface area is 312 Å². The molecule has 8 N–H and O–H groups in total. The third kappa shape index (κ3) is 12.9. The number of nitrogens with two attached hydrogens (primary N) is 2. The van der Waals surface area contributed by atoms with Crippen LogP contribution in [0.25, 0.3) is 0 Å². The second-order valence-electron chi connectivity index (χ2n) is 16.1. The Balaban J connectivity index is 1.99. The maximum atomic E-state index is 14.2. The average Bonchev–Trinajstić information content (AvgIpc) is 3.10. The van der Waals surface area contributed by atoms with Crippen molar-refractivity contribution in [3.8, 4) is 0 Å². The van der Waals surface area contributed by atoms with Crippen LogP contribution in [-0.2, 0) is 28.7 Å². The monoisotopic (exact) mass is 735 g/mol. The number of carbonyl (C=O) groups excluding carboxylic acids is 5. The van der Waals surface area contributed by atoms with Crippen LogP contribution < -0.4 is 32.7 Å². The molecule has 0 spiro atoms. The van der Waals surface area contributed by atoms with Gasteiger partial charge in [-0.1, -0.05) is 72.6 Å². The van der Waals surface area contributed by atoms with Crippen molar-refractivity contribution < 1.29 is 28.7 Å². The van der Waals surface area contributed by atoms with Crippen LogP contribution in [-0.4, -0.2) is 122 Å². The van der Waals surface area contributed by atoms with Gasteiger partial charge in [-0.3, -0.25) is 24.0 Å². The van der Waals surface area contributed by atoms with Gasteiger partial charge in [-0.2, -0.15) is 0 Å². The molecule has 0 aromatic carbocycles. The van der Waals surface area contributed by atoms with Crippen molar-refractivity contribution in [2.45, 2.75) is 142 Å². The van der Waals surface area contributed by atoms with Gasteiger partial charge in [-0.15, -0.1) is 0 Å². The number of carbonyl (C=O) groups is 5. The van der Waals surface area contributed by atoms with Crippen LogP contribution in [0.15, 0.2) is 0 Å². The summed E-state index contributed by atoms with van der Waals surface area (Å²) in [6.45, 7) is 12.0. The van der Waals surface area contributed by atoms with E-state index in [1.54, 1.807) is 7.05 Å². The van der Waals surface area contributed by atoms with E-state index in [-0.39, 0.29) is 43.3 Å². The number of likely N-dealkylation sites (N-methyl/N-ethyl adjacent to an activating group) is 1. The predicted octanol–water partition coefficient (Wildman–Crippen LogP) is 1.25. The number of hydrogen-bond donors (Lipinski definition) is 6. The normalized spacial score (nSPS) is 30.4. The van der Waals surface area contributed by atoms with Gasteiger partial charge in [0.05, 0.1) is 18.6 Å². The highest BCUT2D eigenvalue weighted by Gasteiger charge is 2.39. The first-order valence-corrected chi connectivity index (χ1v) is 20.0. The van der Waals surface area contributed by atoms with Gasteiger partial charge in [0, 0.05) is 39.3 Å². The van der Waals surface area contributed by atoms with Gasteiger partial charge in [0.15, 0.2) is 0 Å². The Kier molecular flexibility index (Phi) is 18.3. The lowest BCUT2D eigenvalue weighted by atomic mass is 9.83. The second-order valence-corrected chi connectivity index (χ2v) is 16.1. The van der Waals surface area contributed by atoms with Crippen molar-refractivity contribution in [3.05, 3.63) is 0 Å². The number of nitrogens with zero attached hydrogens (tertiary/aromatic N) is 2. The number of amides is 5. The summed E-state index contributed by atoms with van der Waals surface area (Å²) in [5.74, 6) is -2.35. The molecule has 1 unspecified atom stereocenters. The van der Waals surface area contributed by atoms with Crippen molar-refractivity contribution in [3.63, 3.8) is 0 Å². The number of likely N-dealkylation sites (tertiary alicyclic amines) is 1. The van der Waals surface area contributed by atoms with E-state index in [1.807, 2.05) is 27.7 Å². The molecule has 14 nitrogen and oxygen atoms in total. The molecule has 5 amide bonds. The highest BCUT2D eigenvalue weighted by Crippen LogP contribution is 2.28. The predicted molar refractivity (Wildman–Crippen MR) is 202 cm³/mol. The molecule has 52 heavy (non-hydrogen) atoms. The highest BCUT2D eigenvalue weighted by molar-refractivity contribution is 5.96. The molecule has 3 rings (SSSR count). The van der Waals surface area contributed by atoms with Crippen molar-refractivity contribution >= 4 is 29.5 Å². The Bertz CT molecular complexity index is 1160. The lowest BCUT2D eigenvalue weighted by Gasteiger charge is -2.40. The Morgan fingerprint density at radius 1 is 0.808 bits per heavy atom. The smallest absolute Gasteiger partial charge is 0.244 e. The highest BCUT2D eigenvalue weighted by atomic mass is 16.5. The minimum absolute atomic E-state index is 0.0890. The van der Waals surface area contributed by atoms with E-state index in [0.29, 0.717) is 38.4 Å². The molecular formula is C38H70N8O6. The summed E-state index contributed by atoms with van der Waals surface area (Å²) in [7, 11) is 1.66. The Morgan fingerprint density at radius 3 is 2.08 bits per heavy atom. The molecule has 0 radical (unpaired) electrons. The molecule has 0 aromatic heterocycles. The molecule has 2 saturated heterocycles. The molecule has 3 fully saturated rings. The molecule has 3 aliphatic rings. The summed E-state index contributed by atoms with van der Waals surface area (Å²) in [6, 6.07) is -4.22. The minimum Gasteiger partial charge on any atom is -0.375 e. The Morgan fingerprint density at radius 2 is 1.46 bits per heavy atom. The standard InChI is InChI=1S/C38H70N8O6/c1-7-8-9-13-16-32-26(5)38(51)45(6)31(17-24(2)3)36(49)44-33(28-14-11-10-12-15-28)37(50)42-29(19-40)34(47)43-30(22-46-20-27(18-39)21-46)35(48)41-25(4)23-52-32/h24-33H,7-23,39-40H2,1-6H3,(H,41,48)(H,42,50)(H,43,47)(H,44,49)/t25-,26-,29+,30?,31+,32-,33+/m1/s1. The summed E-state index contributed by atoms with van der Waals surface area (Å²) in [5.41, 5.74) is 11.9. The number of hydrogen-bond acceptors (Lipinski definition) is 9. The molecule has 298 valence electrons. The topological polar surface area (TPSA) is 201 Å². The summed E-state index contributed by atoms with van der Waals surface area (Å²) in [6.07, 6.45) is 9.05. The fourth-order valence-electron chi connectivity index (χ4n) is 7.73. The molecule has 0 bridgehead atoms. The molecule has 2 aliphatic heterocycles. The maximum absolute atomic E-state index is 14.2. The number of rotatable bonds is 12. The first-order valence-electron chi connectivity index (χ1n) is 20.0. The molecule has 14 heteroatoms. The third-order valence-electron chi connectivity index (χ3n) is 11.1. The van der Waals surface area contributed by atoms with E-state index in [1.165, 1.54) is 4.90 Å². The number of nitrogens with one attached hydrogen (secondary N) is 4. The second kappa shape index (κ2) is 21.8. The molecule has 1 saturated carbocycles. The van der Waals surface area contributed by atoms with Crippen molar-refractivity contribution in [1.29, 1.82) is 0 Å². The van der Waals surface area contributed by atoms with Gasteiger partial charge in [-0.25, -0.2) is 0 Å². The van der Waals surface area contributed by atoms with E-state index in [4.69, 9.17) is 16.2 Å². The van der Waals surface area contributed by atoms with Crippen LogP contribution in [0.4, 0.5) is 0 Å². The largest absolute Gasteiger partial charge is 0.375 e. The van der Waals surface area contributed by atoms with Gasteiger partial charge >= 0.3 is 0 Å². The first-order chi connectivity index (χ1) is 24.8. The van der Waals surface area contributed by atoms with Crippen LogP contribution in [0, 0.1) is 23.7 Å². The van der Waals surface area contributed by atoms with Crippen molar-refractivity contribution in [2.24, 2.45) is 35.1 Å². The zero-order valence-electron chi connectivity index (χ0n) is 32.8. The van der Waals surface area contributed by atoms with Crippen molar-refractivity contribution in [2.75, 3.05) is 46.4 Å². The van der Waals surface area contributed by atoms with E-state index in [9.17, 15) is 24.0 Å². The number of ether oxygens (including phenoxy) is 1. The fourth-order valence-corrected chi connectivity index (χ4v) is 7.73. The summed E-state index contributed by atoms with van der Waals surface area (Å²) in [4.78, 5) is 73.5. The SMILES string of the molecule is CCCCCC[C@H]1OC[C@@H](C)NC(=O)C(CN2CC(CN)C2)NC(=O)[C@H](CN)NC(=O)[C@H](C2CCCCC2)NC(=O)[C@H](CC(C)C)N(C)C(=O)[C@@H]1C. The van der Waals surface area contributed by atoms with Gasteiger partial charge in [-0.05, 0) is 56.9 Å².